The summed E-state index contributed by atoms with van der Waals surface area (Å²) in [7, 11) is 1.48. The topological polar surface area (TPSA) is 127 Å². The van der Waals surface area contributed by atoms with Crippen molar-refractivity contribution < 1.29 is 9.53 Å². The van der Waals surface area contributed by atoms with Gasteiger partial charge in [0.2, 0.25) is 0 Å². The fourth-order valence-electron chi connectivity index (χ4n) is 1.75. The van der Waals surface area contributed by atoms with Gasteiger partial charge in [-0.15, -0.1) is 0 Å². The van der Waals surface area contributed by atoms with E-state index in [0.717, 1.165) is 0 Å². The summed E-state index contributed by atoms with van der Waals surface area (Å²) in [5.41, 5.74) is 12.2. The Morgan fingerprint density at radius 2 is 2.14 bits per heavy atom. The summed E-state index contributed by atoms with van der Waals surface area (Å²) in [6.07, 6.45) is 0. The number of pyridine rings is 1. The van der Waals surface area contributed by atoms with Crippen molar-refractivity contribution in [1.82, 2.24) is 4.98 Å². The van der Waals surface area contributed by atoms with E-state index in [9.17, 15) is 4.79 Å². The first-order valence-electron chi connectivity index (χ1n) is 5.97. The van der Waals surface area contributed by atoms with Crippen molar-refractivity contribution in [2.45, 2.75) is 0 Å². The molecule has 0 atom stereocenters. The van der Waals surface area contributed by atoms with Crippen molar-refractivity contribution >= 4 is 23.1 Å². The molecule has 0 aliphatic carbocycles. The van der Waals surface area contributed by atoms with Gasteiger partial charge in [0.15, 0.2) is 5.82 Å². The highest BCUT2D eigenvalue weighted by atomic mass is 16.5. The molecule has 0 aliphatic rings. The molecule has 5 N–H and O–H groups in total. The number of primary amides is 1. The molecular formula is C14H13N5O2. The van der Waals surface area contributed by atoms with Gasteiger partial charge in [-0.05, 0) is 24.3 Å². The zero-order valence-electron chi connectivity index (χ0n) is 11.3. The third-order valence-electron chi connectivity index (χ3n) is 2.79. The maximum atomic E-state index is 11.2. The number of nitrogens with two attached hydrogens (primary N) is 2. The molecule has 1 aromatic carbocycles. The molecule has 0 saturated carbocycles. The van der Waals surface area contributed by atoms with Crippen molar-refractivity contribution in [3.05, 3.63) is 41.6 Å². The quantitative estimate of drug-likeness (QED) is 0.778. The summed E-state index contributed by atoms with van der Waals surface area (Å²) in [6, 6.07) is 9.99. The van der Waals surface area contributed by atoms with Gasteiger partial charge in [0.25, 0.3) is 5.91 Å². The van der Waals surface area contributed by atoms with Crippen LogP contribution in [0.25, 0.3) is 0 Å². The second-order valence-corrected chi connectivity index (χ2v) is 4.12. The number of carbonyl (C=O) groups excluding carboxylic acids is 1. The average molecular weight is 283 g/mol. The largest absolute Gasteiger partial charge is 0.495 e. The zero-order valence-corrected chi connectivity index (χ0v) is 11.3. The van der Waals surface area contributed by atoms with Crippen LogP contribution in [-0.2, 0) is 0 Å². The number of carbonyl (C=O) groups is 1. The molecule has 106 valence electrons. The Labute approximate surface area is 121 Å². The molecule has 7 nitrogen and oxygen atoms in total. The predicted molar refractivity (Wildman–Crippen MR) is 78.2 cm³/mol. The molecule has 1 aromatic heterocycles. The van der Waals surface area contributed by atoms with Crippen LogP contribution in [-0.4, -0.2) is 18.0 Å². The molecule has 1 amide bonds. The fourth-order valence-corrected chi connectivity index (χ4v) is 1.75. The fraction of sp³-hybridized carbons (Fsp3) is 0.0714. The SMILES string of the molecule is COc1cccc(C#N)c1Nc1nc(C(N)=O)ccc1N. The lowest BCUT2D eigenvalue weighted by atomic mass is 10.1. The molecule has 0 aliphatic heterocycles. The third kappa shape index (κ3) is 2.84. The Bertz CT molecular complexity index is 737. The van der Waals surface area contributed by atoms with Gasteiger partial charge in [0, 0.05) is 0 Å². The van der Waals surface area contributed by atoms with Crippen molar-refractivity contribution in [2.75, 3.05) is 18.2 Å². The highest BCUT2D eigenvalue weighted by molar-refractivity contribution is 5.92. The zero-order chi connectivity index (χ0) is 15.4. The monoisotopic (exact) mass is 283 g/mol. The maximum absolute atomic E-state index is 11.2. The van der Waals surface area contributed by atoms with E-state index < -0.39 is 5.91 Å². The van der Waals surface area contributed by atoms with Crippen LogP contribution < -0.4 is 21.5 Å². The summed E-state index contributed by atoms with van der Waals surface area (Å²) < 4.78 is 5.20. The molecule has 0 radical (unpaired) electrons. The normalized spacial score (nSPS) is 9.71. The number of benzene rings is 1. The van der Waals surface area contributed by atoms with Crippen LogP contribution in [0.2, 0.25) is 0 Å². The van der Waals surface area contributed by atoms with Crippen molar-refractivity contribution in [3.63, 3.8) is 0 Å². The number of ether oxygens (including phenoxy) is 1. The number of hydrogen-bond donors (Lipinski definition) is 3. The van der Waals surface area contributed by atoms with Gasteiger partial charge in [-0.2, -0.15) is 5.26 Å². The average Bonchev–Trinajstić information content (AvgIpc) is 2.49. The minimum Gasteiger partial charge on any atom is -0.495 e. The van der Waals surface area contributed by atoms with Gasteiger partial charge in [-0.1, -0.05) is 6.07 Å². The number of nitrogens with one attached hydrogen (secondary N) is 1. The summed E-state index contributed by atoms with van der Waals surface area (Å²) in [6.45, 7) is 0. The Kier molecular flexibility index (Phi) is 3.90. The lowest BCUT2D eigenvalue weighted by molar-refractivity contribution is 0.0996. The Morgan fingerprint density at radius 1 is 1.38 bits per heavy atom. The van der Waals surface area contributed by atoms with Crippen LogP contribution in [0, 0.1) is 11.3 Å². The second kappa shape index (κ2) is 5.79. The van der Waals surface area contributed by atoms with Gasteiger partial charge in [-0.3, -0.25) is 4.79 Å². The summed E-state index contributed by atoms with van der Waals surface area (Å²) in [4.78, 5) is 15.2. The highest BCUT2D eigenvalue weighted by Gasteiger charge is 2.13. The Morgan fingerprint density at radius 3 is 2.76 bits per heavy atom. The number of amides is 1. The lowest BCUT2D eigenvalue weighted by Crippen LogP contribution is -2.14. The molecular weight excluding hydrogens is 270 g/mol. The van der Waals surface area contributed by atoms with Crippen LogP contribution in [0.15, 0.2) is 30.3 Å². The number of hydrogen-bond acceptors (Lipinski definition) is 6. The number of nitriles is 1. The predicted octanol–water partition coefficient (Wildman–Crippen LogP) is 1.39. The number of nitrogens with zero attached hydrogens (tertiary/aromatic N) is 2. The van der Waals surface area contributed by atoms with Crippen LogP contribution in [0.4, 0.5) is 17.2 Å². The number of aromatic nitrogens is 1. The minimum atomic E-state index is -0.668. The van der Waals surface area contributed by atoms with Gasteiger partial charge in [0.1, 0.15) is 23.2 Å². The van der Waals surface area contributed by atoms with E-state index in [-0.39, 0.29) is 11.5 Å². The minimum absolute atomic E-state index is 0.0695. The molecule has 0 saturated heterocycles. The van der Waals surface area contributed by atoms with Crippen molar-refractivity contribution in [3.8, 4) is 11.8 Å². The molecule has 0 spiro atoms. The van der Waals surface area contributed by atoms with Crippen LogP contribution in [0.3, 0.4) is 0 Å². The van der Waals surface area contributed by atoms with E-state index in [1.807, 2.05) is 6.07 Å². The third-order valence-corrected chi connectivity index (χ3v) is 2.79. The number of rotatable bonds is 4. The van der Waals surface area contributed by atoms with Crippen LogP contribution in [0.5, 0.6) is 5.75 Å². The molecule has 2 aromatic rings. The van der Waals surface area contributed by atoms with Crippen LogP contribution in [0.1, 0.15) is 16.1 Å². The molecule has 0 bridgehead atoms. The van der Waals surface area contributed by atoms with Crippen LogP contribution >= 0.6 is 0 Å². The molecule has 0 fully saturated rings. The van der Waals surface area contributed by atoms with E-state index in [4.69, 9.17) is 21.5 Å². The molecule has 7 heteroatoms. The Hall–Kier alpha value is -3.27. The van der Waals surface area contributed by atoms with E-state index in [0.29, 0.717) is 22.7 Å². The van der Waals surface area contributed by atoms with Gasteiger partial charge in [-0.25, -0.2) is 4.98 Å². The summed E-state index contributed by atoms with van der Waals surface area (Å²) >= 11 is 0. The van der Waals surface area contributed by atoms with Gasteiger partial charge in [0.05, 0.1) is 18.4 Å². The first-order chi connectivity index (χ1) is 10.1. The lowest BCUT2D eigenvalue weighted by Gasteiger charge is -2.13. The summed E-state index contributed by atoms with van der Waals surface area (Å²) in [5, 5.41) is 12.1. The number of methoxy groups -OCH3 is 1. The van der Waals surface area contributed by atoms with Crippen molar-refractivity contribution in [1.29, 1.82) is 5.26 Å². The molecule has 1 heterocycles. The van der Waals surface area contributed by atoms with E-state index in [2.05, 4.69) is 10.3 Å². The van der Waals surface area contributed by atoms with E-state index in [1.54, 1.807) is 18.2 Å². The molecule has 2 rings (SSSR count). The second-order valence-electron chi connectivity index (χ2n) is 4.12. The first-order valence-corrected chi connectivity index (χ1v) is 5.97. The summed E-state index contributed by atoms with van der Waals surface area (Å²) in [5.74, 6) is 0.0191. The standard InChI is InChI=1S/C14H13N5O2/c1-21-11-4-2-3-8(7-15)12(11)19-14-9(16)5-6-10(18-14)13(17)20/h2-6H,16H2,1H3,(H2,17,20)(H,18,19). The molecule has 0 unspecified atom stereocenters. The highest BCUT2D eigenvalue weighted by Crippen LogP contribution is 2.32. The molecule has 21 heavy (non-hydrogen) atoms. The number of anilines is 3. The number of para-hydroxylation sites is 1. The first kappa shape index (κ1) is 14.1. The van der Waals surface area contributed by atoms with Gasteiger partial charge >= 0.3 is 0 Å². The van der Waals surface area contributed by atoms with E-state index in [1.165, 1.54) is 19.2 Å². The van der Waals surface area contributed by atoms with E-state index >= 15 is 0 Å². The number of nitrogen functional groups attached to an aromatic ring is 1. The van der Waals surface area contributed by atoms with Crippen molar-refractivity contribution in [2.24, 2.45) is 5.73 Å². The maximum Gasteiger partial charge on any atom is 0.267 e. The Balaban J connectivity index is 2.50. The smallest absolute Gasteiger partial charge is 0.267 e. The van der Waals surface area contributed by atoms with Gasteiger partial charge < -0.3 is 21.5 Å².